The highest BCUT2D eigenvalue weighted by Gasteiger charge is 2.12. The van der Waals surface area contributed by atoms with E-state index in [0.29, 0.717) is 19.3 Å². The van der Waals surface area contributed by atoms with Gasteiger partial charge >= 0.3 is 17.9 Å². The van der Waals surface area contributed by atoms with Crippen molar-refractivity contribution in [3.8, 4) is 0 Å². The lowest BCUT2D eigenvalue weighted by Crippen LogP contribution is -2.16. The van der Waals surface area contributed by atoms with E-state index < -0.39 is 36.2 Å². The van der Waals surface area contributed by atoms with Crippen LogP contribution < -0.4 is 0 Å². The Hall–Kier alpha value is -3.23. The van der Waals surface area contributed by atoms with Gasteiger partial charge in [-0.2, -0.15) is 0 Å². The number of allylic oxidation sites excluding steroid dienone is 7. The van der Waals surface area contributed by atoms with E-state index >= 15 is 0 Å². The van der Waals surface area contributed by atoms with Crippen LogP contribution in [0.5, 0.6) is 0 Å². The lowest BCUT2D eigenvalue weighted by Gasteiger charge is -2.12. The van der Waals surface area contributed by atoms with Crippen molar-refractivity contribution in [1.29, 1.82) is 0 Å². The molecule has 0 bridgehead atoms. The Morgan fingerprint density at radius 3 is 2.44 bits per heavy atom. The van der Waals surface area contributed by atoms with Gasteiger partial charge in [-0.1, -0.05) is 60.8 Å². The number of cyclic esters (lactones) is 1. The molecule has 1 aliphatic heterocycles. The summed E-state index contributed by atoms with van der Waals surface area (Å²) in [5.74, 6) is -2.16. The summed E-state index contributed by atoms with van der Waals surface area (Å²) >= 11 is 0. The lowest BCUT2D eigenvalue weighted by atomic mass is 10.1. The van der Waals surface area contributed by atoms with E-state index in [-0.39, 0.29) is 25.4 Å². The molecule has 0 spiro atoms. The fraction of sp³-hybridized carbons (Fsp3) is 0.464. The first-order valence-electron chi connectivity index (χ1n) is 12.2. The summed E-state index contributed by atoms with van der Waals surface area (Å²) in [6.07, 6.45) is 20.5. The molecule has 1 aliphatic rings. The highest BCUT2D eigenvalue weighted by molar-refractivity contribution is 5.82. The van der Waals surface area contributed by atoms with Gasteiger partial charge in [0.1, 0.15) is 6.10 Å². The molecule has 0 radical (unpaired) electrons. The average Bonchev–Trinajstić information content (AvgIpc) is 2.80. The highest BCUT2D eigenvalue weighted by atomic mass is 16.5. The predicted molar refractivity (Wildman–Crippen MR) is 137 cm³/mol. The molecule has 8 nitrogen and oxygen atoms in total. The van der Waals surface area contributed by atoms with Gasteiger partial charge in [0.15, 0.2) is 0 Å². The molecule has 0 fully saturated rings. The van der Waals surface area contributed by atoms with Crippen LogP contribution in [0.25, 0.3) is 0 Å². The molecule has 4 unspecified atom stereocenters. The lowest BCUT2D eigenvalue weighted by molar-refractivity contribution is -0.150. The van der Waals surface area contributed by atoms with Gasteiger partial charge < -0.3 is 24.8 Å². The molecule has 0 saturated carbocycles. The zero-order valence-corrected chi connectivity index (χ0v) is 20.8. The first-order chi connectivity index (χ1) is 17.3. The molecule has 4 atom stereocenters. The van der Waals surface area contributed by atoms with Crippen LogP contribution >= 0.6 is 0 Å². The van der Waals surface area contributed by atoms with E-state index in [9.17, 15) is 24.6 Å². The van der Waals surface area contributed by atoms with Crippen LogP contribution in [0.2, 0.25) is 0 Å². The molecular weight excluding hydrogens is 464 g/mol. The van der Waals surface area contributed by atoms with Crippen molar-refractivity contribution in [2.45, 2.75) is 82.7 Å². The topological polar surface area (TPSA) is 130 Å². The number of aliphatic hydroxyl groups excluding tert-OH is 2. The zero-order chi connectivity index (χ0) is 26.6. The SMILES string of the molecule is CC1CCCC=CC=CC(O)CC(O)CC=CC=CC(OC(=O)CCC(=O)O)CC=CC=CC(=O)O1. The Bertz CT molecular complexity index is 850. The normalized spacial score (nSPS) is 25.1. The number of aliphatic carboxylic acids is 1. The Balaban J connectivity index is 2.86. The summed E-state index contributed by atoms with van der Waals surface area (Å²) in [5.41, 5.74) is 0. The molecule has 3 N–H and O–H groups in total. The molecule has 0 aliphatic carbocycles. The number of carbonyl (C=O) groups is 3. The third-order valence-corrected chi connectivity index (χ3v) is 5.05. The number of carbonyl (C=O) groups excluding carboxylic acids is 2. The minimum Gasteiger partial charge on any atom is -0.481 e. The Morgan fingerprint density at radius 2 is 1.67 bits per heavy atom. The highest BCUT2D eigenvalue weighted by Crippen LogP contribution is 2.09. The summed E-state index contributed by atoms with van der Waals surface area (Å²) in [6.45, 7) is 1.83. The minimum absolute atomic E-state index is 0.198. The van der Waals surface area contributed by atoms with Crippen molar-refractivity contribution in [3.05, 3.63) is 72.9 Å². The van der Waals surface area contributed by atoms with Gasteiger partial charge in [-0.25, -0.2) is 4.79 Å². The number of hydrogen-bond donors (Lipinski definition) is 3. The van der Waals surface area contributed by atoms with Gasteiger partial charge in [0.2, 0.25) is 0 Å². The third-order valence-electron chi connectivity index (χ3n) is 5.05. The van der Waals surface area contributed by atoms with E-state index in [1.807, 2.05) is 19.1 Å². The maximum atomic E-state index is 11.9. The molecule has 0 amide bonds. The van der Waals surface area contributed by atoms with Crippen molar-refractivity contribution >= 4 is 17.9 Å². The monoisotopic (exact) mass is 502 g/mol. The third kappa shape index (κ3) is 17.2. The van der Waals surface area contributed by atoms with Crippen LogP contribution in [0.15, 0.2) is 72.9 Å². The van der Waals surface area contributed by atoms with E-state index in [0.717, 1.165) is 12.8 Å². The number of hydrogen-bond acceptors (Lipinski definition) is 7. The Labute approximate surface area is 213 Å². The van der Waals surface area contributed by atoms with Crippen LogP contribution in [0.1, 0.15) is 58.3 Å². The van der Waals surface area contributed by atoms with Crippen molar-refractivity contribution < 1.29 is 39.2 Å². The Morgan fingerprint density at radius 1 is 0.972 bits per heavy atom. The summed E-state index contributed by atoms with van der Waals surface area (Å²) in [4.78, 5) is 34.6. The number of ether oxygens (including phenoxy) is 2. The molecular formula is C28H38O8. The van der Waals surface area contributed by atoms with E-state index in [1.165, 1.54) is 6.08 Å². The van der Waals surface area contributed by atoms with Crippen LogP contribution in [-0.2, 0) is 23.9 Å². The smallest absolute Gasteiger partial charge is 0.331 e. The van der Waals surface area contributed by atoms with Crippen LogP contribution in [0.3, 0.4) is 0 Å². The quantitative estimate of drug-likeness (QED) is 0.490. The second-order valence-electron chi connectivity index (χ2n) is 8.44. The van der Waals surface area contributed by atoms with Crippen molar-refractivity contribution in [2.24, 2.45) is 0 Å². The number of esters is 2. The molecule has 1 heterocycles. The number of carboxylic acids is 1. The summed E-state index contributed by atoms with van der Waals surface area (Å²) in [6, 6.07) is 0. The summed E-state index contributed by atoms with van der Waals surface area (Å²) in [7, 11) is 0. The first-order valence-corrected chi connectivity index (χ1v) is 12.2. The molecule has 0 aromatic carbocycles. The maximum absolute atomic E-state index is 11.9. The fourth-order valence-electron chi connectivity index (χ4n) is 3.17. The summed E-state index contributed by atoms with van der Waals surface area (Å²) < 4.78 is 10.7. The molecule has 0 aromatic heterocycles. The van der Waals surface area contributed by atoms with Crippen molar-refractivity contribution in [3.63, 3.8) is 0 Å². The van der Waals surface area contributed by atoms with E-state index in [2.05, 4.69) is 0 Å². The minimum atomic E-state index is -1.08. The zero-order valence-electron chi connectivity index (χ0n) is 20.8. The van der Waals surface area contributed by atoms with E-state index in [4.69, 9.17) is 14.6 Å². The molecule has 1 rings (SSSR count). The van der Waals surface area contributed by atoms with Crippen molar-refractivity contribution in [1.82, 2.24) is 0 Å². The number of rotatable bonds is 4. The first kappa shape index (κ1) is 30.8. The Kier molecular flexibility index (Phi) is 16.3. The van der Waals surface area contributed by atoms with Crippen LogP contribution in [-0.4, -0.2) is 57.6 Å². The second kappa shape index (κ2) is 19.0. The standard InChI is InChI=1S/C28H38O8/c1-22-13-7-3-2-4-8-14-23(29)21-24(30)15-9-5-10-16-25(36-28(34)20-19-26(31)32)17-11-6-12-18-27(33)35-22/h2,4-6,8-12,14,16,18,22-25,29-30H,3,7,13,15,17,19-21H2,1H3,(H,31,32). The van der Waals surface area contributed by atoms with Gasteiger partial charge in [-0.05, 0) is 38.7 Å². The van der Waals surface area contributed by atoms with Crippen molar-refractivity contribution in [2.75, 3.05) is 0 Å². The van der Waals surface area contributed by atoms with Crippen LogP contribution in [0, 0.1) is 0 Å². The largest absolute Gasteiger partial charge is 0.481 e. The van der Waals surface area contributed by atoms with Gasteiger partial charge in [-0.3, -0.25) is 9.59 Å². The van der Waals surface area contributed by atoms with Gasteiger partial charge in [-0.15, -0.1) is 0 Å². The fourth-order valence-corrected chi connectivity index (χ4v) is 3.17. The predicted octanol–water partition coefficient (Wildman–Crippen LogP) is 4.11. The van der Waals surface area contributed by atoms with Crippen LogP contribution in [0.4, 0.5) is 0 Å². The summed E-state index contributed by atoms with van der Waals surface area (Å²) in [5, 5.41) is 28.9. The molecule has 198 valence electrons. The average molecular weight is 503 g/mol. The van der Waals surface area contributed by atoms with E-state index in [1.54, 1.807) is 54.7 Å². The maximum Gasteiger partial charge on any atom is 0.331 e. The number of carboxylic acid groups (broad SMARTS) is 1. The second-order valence-corrected chi connectivity index (χ2v) is 8.44. The molecule has 36 heavy (non-hydrogen) atoms. The van der Waals surface area contributed by atoms with Gasteiger partial charge in [0, 0.05) is 18.9 Å². The molecule has 8 heteroatoms. The number of aliphatic hydroxyl groups is 2. The molecule has 0 saturated heterocycles. The molecule has 0 aromatic rings. The van der Waals surface area contributed by atoms with Gasteiger partial charge in [0.25, 0.3) is 0 Å². The van der Waals surface area contributed by atoms with Gasteiger partial charge in [0.05, 0.1) is 31.2 Å².